The van der Waals surface area contributed by atoms with Crippen LogP contribution in [-0.4, -0.2) is 44.0 Å². The van der Waals surface area contributed by atoms with Crippen molar-refractivity contribution < 1.29 is 0 Å². The Morgan fingerprint density at radius 3 is 2.55 bits per heavy atom. The van der Waals surface area contributed by atoms with E-state index in [0.29, 0.717) is 11.9 Å². The first-order valence-electron chi connectivity index (χ1n) is 4.11. The van der Waals surface area contributed by atoms with E-state index in [2.05, 4.69) is 31.2 Å². The summed E-state index contributed by atoms with van der Waals surface area (Å²) in [7, 11) is 4.18. The molecule has 0 aliphatic heterocycles. The fraction of sp³-hybridized carbons (Fsp3) is 1.00. The van der Waals surface area contributed by atoms with Gasteiger partial charge in [0.05, 0.1) is 0 Å². The van der Waals surface area contributed by atoms with Crippen molar-refractivity contribution in [2.45, 2.75) is 19.4 Å². The summed E-state index contributed by atoms with van der Waals surface area (Å²) in [5, 5.41) is 3.33. The molecule has 0 saturated heterocycles. The molecule has 1 unspecified atom stereocenters. The first kappa shape index (κ1) is 11.2. The lowest BCUT2D eigenvalue weighted by Gasteiger charge is -2.12. The van der Waals surface area contributed by atoms with Crippen LogP contribution in [0.2, 0.25) is 0 Å². The Morgan fingerprint density at radius 2 is 2.09 bits per heavy atom. The number of hydrogen-bond acceptors (Lipinski definition) is 2. The molecule has 0 aromatic heterocycles. The zero-order chi connectivity index (χ0) is 8.69. The molecule has 0 aromatic rings. The van der Waals surface area contributed by atoms with E-state index in [4.69, 9.17) is 11.6 Å². The largest absolute Gasteiger partial charge is 0.313 e. The first-order valence-corrected chi connectivity index (χ1v) is 4.64. The summed E-state index contributed by atoms with van der Waals surface area (Å²) in [5.74, 6) is 0.696. The molecule has 0 bridgehead atoms. The topological polar surface area (TPSA) is 15.3 Å². The van der Waals surface area contributed by atoms with Crippen molar-refractivity contribution in [3.63, 3.8) is 0 Å². The SMILES string of the molecule is CC(CCl)NCCCN(C)C. The quantitative estimate of drug-likeness (QED) is 0.485. The minimum absolute atomic E-state index is 0.443. The lowest BCUT2D eigenvalue weighted by Crippen LogP contribution is -2.30. The maximum atomic E-state index is 5.62. The number of nitrogens with zero attached hydrogens (tertiary/aromatic N) is 1. The molecule has 1 atom stereocenters. The van der Waals surface area contributed by atoms with Crippen molar-refractivity contribution in [1.82, 2.24) is 10.2 Å². The molecule has 0 aliphatic carbocycles. The molecule has 0 radical (unpaired) electrons. The van der Waals surface area contributed by atoms with Crippen LogP contribution in [-0.2, 0) is 0 Å². The number of halogens is 1. The molecule has 0 saturated carbocycles. The predicted molar refractivity (Wildman–Crippen MR) is 51.4 cm³/mol. The van der Waals surface area contributed by atoms with Crippen LogP contribution in [0.1, 0.15) is 13.3 Å². The van der Waals surface area contributed by atoms with E-state index in [1.165, 1.54) is 6.42 Å². The van der Waals surface area contributed by atoms with E-state index in [1.54, 1.807) is 0 Å². The maximum Gasteiger partial charge on any atom is 0.0374 e. The lowest BCUT2D eigenvalue weighted by atomic mass is 10.3. The van der Waals surface area contributed by atoms with Crippen molar-refractivity contribution in [2.75, 3.05) is 33.1 Å². The second-order valence-corrected chi connectivity index (χ2v) is 3.47. The van der Waals surface area contributed by atoms with Gasteiger partial charge in [-0.3, -0.25) is 0 Å². The second kappa shape index (κ2) is 6.89. The molecular weight excluding hydrogens is 160 g/mol. The minimum atomic E-state index is 0.443. The molecule has 2 nitrogen and oxygen atoms in total. The highest BCUT2D eigenvalue weighted by molar-refractivity contribution is 6.18. The monoisotopic (exact) mass is 178 g/mol. The van der Waals surface area contributed by atoms with Gasteiger partial charge in [0.2, 0.25) is 0 Å². The molecule has 0 fully saturated rings. The van der Waals surface area contributed by atoms with Gasteiger partial charge in [-0.25, -0.2) is 0 Å². The molecule has 11 heavy (non-hydrogen) atoms. The van der Waals surface area contributed by atoms with Gasteiger partial charge in [0.15, 0.2) is 0 Å². The molecule has 0 heterocycles. The Hall–Kier alpha value is 0.210. The highest BCUT2D eigenvalue weighted by Crippen LogP contribution is 1.87. The Balaban J connectivity index is 3.01. The molecule has 68 valence electrons. The summed E-state index contributed by atoms with van der Waals surface area (Å²) >= 11 is 5.62. The van der Waals surface area contributed by atoms with Gasteiger partial charge in [-0.1, -0.05) is 0 Å². The van der Waals surface area contributed by atoms with E-state index in [9.17, 15) is 0 Å². The van der Waals surface area contributed by atoms with Crippen LogP contribution in [0, 0.1) is 0 Å². The molecular formula is C8H19ClN2. The van der Waals surface area contributed by atoms with Crippen LogP contribution in [0.25, 0.3) is 0 Å². The summed E-state index contributed by atoms with van der Waals surface area (Å²) in [6.07, 6.45) is 1.19. The smallest absolute Gasteiger partial charge is 0.0374 e. The number of rotatable bonds is 6. The van der Waals surface area contributed by atoms with Gasteiger partial charge >= 0.3 is 0 Å². The first-order chi connectivity index (χ1) is 5.16. The molecule has 0 rings (SSSR count). The number of alkyl halides is 1. The Kier molecular flexibility index (Phi) is 7.02. The van der Waals surface area contributed by atoms with Crippen molar-refractivity contribution in [3.05, 3.63) is 0 Å². The lowest BCUT2D eigenvalue weighted by molar-refractivity contribution is 0.390. The summed E-state index contributed by atoms with van der Waals surface area (Å²) in [6, 6.07) is 0.443. The van der Waals surface area contributed by atoms with Crippen molar-refractivity contribution in [1.29, 1.82) is 0 Å². The highest BCUT2D eigenvalue weighted by Gasteiger charge is 1.96. The van der Waals surface area contributed by atoms with Crippen LogP contribution in [0.4, 0.5) is 0 Å². The fourth-order valence-corrected chi connectivity index (χ4v) is 0.907. The number of hydrogen-bond donors (Lipinski definition) is 1. The molecule has 0 spiro atoms. The normalized spacial score (nSPS) is 13.9. The average molecular weight is 179 g/mol. The predicted octanol–water partition coefficient (Wildman–Crippen LogP) is 1.16. The van der Waals surface area contributed by atoms with E-state index >= 15 is 0 Å². The van der Waals surface area contributed by atoms with Crippen molar-refractivity contribution >= 4 is 11.6 Å². The third-order valence-electron chi connectivity index (χ3n) is 1.51. The molecule has 0 aliphatic rings. The zero-order valence-corrected chi connectivity index (χ0v) is 8.49. The fourth-order valence-electron chi connectivity index (χ4n) is 0.798. The number of nitrogens with one attached hydrogen (secondary N) is 1. The Labute approximate surface area is 74.9 Å². The van der Waals surface area contributed by atoms with Crippen LogP contribution in [0.15, 0.2) is 0 Å². The molecule has 0 aromatic carbocycles. The Bertz CT molecular complexity index is 86.2. The van der Waals surface area contributed by atoms with Crippen LogP contribution in [0.3, 0.4) is 0 Å². The van der Waals surface area contributed by atoms with Gasteiger partial charge in [0, 0.05) is 11.9 Å². The van der Waals surface area contributed by atoms with E-state index in [-0.39, 0.29) is 0 Å². The van der Waals surface area contributed by atoms with Crippen LogP contribution >= 0.6 is 11.6 Å². The molecule has 0 amide bonds. The molecule has 1 N–H and O–H groups in total. The third kappa shape index (κ3) is 8.11. The van der Waals surface area contributed by atoms with Gasteiger partial charge in [-0.15, -0.1) is 11.6 Å². The summed E-state index contributed by atoms with van der Waals surface area (Å²) in [5.41, 5.74) is 0. The Morgan fingerprint density at radius 1 is 1.45 bits per heavy atom. The van der Waals surface area contributed by atoms with Gasteiger partial charge in [-0.2, -0.15) is 0 Å². The van der Waals surface area contributed by atoms with E-state index in [0.717, 1.165) is 13.1 Å². The maximum absolute atomic E-state index is 5.62. The van der Waals surface area contributed by atoms with Gasteiger partial charge < -0.3 is 10.2 Å². The third-order valence-corrected chi connectivity index (χ3v) is 1.97. The van der Waals surface area contributed by atoms with E-state index < -0.39 is 0 Å². The van der Waals surface area contributed by atoms with E-state index in [1.807, 2.05) is 0 Å². The van der Waals surface area contributed by atoms with Crippen LogP contribution in [0.5, 0.6) is 0 Å². The summed E-state index contributed by atoms with van der Waals surface area (Å²) in [4.78, 5) is 2.19. The van der Waals surface area contributed by atoms with Gasteiger partial charge in [-0.05, 0) is 40.5 Å². The standard InChI is InChI=1S/C8H19ClN2/c1-8(7-9)10-5-4-6-11(2)3/h8,10H,4-7H2,1-3H3. The van der Waals surface area contributed by atoms with Crippen molar-refractivity contribution in [3.8, 4) is 0 Å². The van der Waals surface area contributed by atoms with Crippen LogP contribution < -0.4 is 5.32 Å². The second-order valence-electron chi connectivity index (χ2n) is 3.17. The van der Waals surface area contributed by atoms with Gasteiger partial charge in [0.1, 0.15) is 0 Å². The zero-order valence-electron chi connectivity index (χ0n) is 7.73. The van der Waals surface area contributed by atoms with Crippen molar-refractivity contribution in [2.24, 2.45) is 0 Å². The van der Waals surface area contributed by atoms with Gasteiger partial charge in [0.25, 0.3) is 0 Å². The minimum Gasteiger partial charge on any atom is -0.313 e. The average Bonchev–Trinajstić information content (AvgIpc) is 1.97. The summed E-state index contributed by atoms with van der Waals surface area (Å²) < 4.78 is 0. The summed E-state index contributed by atoms with van der Waals surface area (Å²) in [6.45, 7) is 4.30. The molecule has 3 heteroatoms. The highest BCUT2D eigenvalue weighted by atomic mass is 35.5.